The van der Waals surface area contributed by atoms with Gasteiger partial charge in [-0.1, -0.05) is 31.5 Å². The average Bonchev–Trinajstić information content (AvgIpc) is 2.72. The summed E-state index contributed by atoms with van der Waals surface area (Å²) in [4.78, 5) is 2.52. The molecule has 2 N–H and O–H groups in total. The first-order valence-electron chi connectivity index (χ1n) is 6.36. The van der Waals surface area contributed by atoms with Crippen LogP contribution in [0.4, 0.5) is 5.69 Å². The zero-order valence-corrected chi connectivity index (χ0v) is 11.4. The third kappa shape index (κ3) is 2.75. The highest BCUT2D eigenvalue weighted by molar-refractivity contribution is 6.31. The van der Waals surface area contributed by atoms with Gasteiger partial charge in [0.05, 0.1) is 0 Å². The Morgan fingerprint density at radius 3 is 2.88 bits per heavy atom. The maximum absolute atomic E-state index is 6.23. The van der Waals surface area contributed by atoms with Crippen LogP contribution in [-0.2, 0) is 6.54 Å². The van der Waals surface area contributed by atoms with E-state index in [4.69, 9.17) is 17.3 Å². The second kappa shape index (κ2) is 5.28. The predicted molar refractivity (Wildman–Crippen MR) is 74.1 cm³/mol. The number of benzene rings is 1. The summed E-state index contributed by atoms with van der Waals surface area (Å²) in [5.41, 5.74) is 7.91. The molecule has 0 amide bonds. The number of halogens is 1. The molecule has 1 heterocycles. The molecular weight excluding hydrogens is 232 g/mol. The Balaban J connectivity index is 2.15. The van der Waals surface area contributed by atoms with Crippen molar-refractivity contribution >= 4 is 17.3 Å². The van der Waals surface area contributed by atoms with Gasteiger partial charge in [-0.25, -0.2) is 0 Å². The van der Waals surface area contributed by atoms with Gasteiger partial charge in [0.2, 0.25) is 0 Å². The normalized spacial score (nSPS) is 21.3. The molecule has 0 aromatic heterocycles. The van der Waals surface area contributed by atoms with Gasteiger partial charge in [0.25, 0.3) is 0 Å². The summed E-state index contributed by atoms with van der Waals surface area (Å²) in [5, 5.41) is 0.791. The summed E-state index contributed by atoms with van der Waals surface area (Å²) in [6, 6.07) is 6.44. The van der Waals surface area contributed by atoms with Crippen molar-refractivity contribution in [3.05, 3.63) is 28.8 Å². The van der Waals surface area contributed by atoms with Crippen LogP contribution < -0.4 is 5.73 Å². The molecule has 1 aliphatic rings. The monoisotopic (exact) mass is 252 g/mol. The van der Waals surface area contributed by atoms with Gasteiger partial charge in [-0.05, 0) is 37.4 Å². The number of likely N-dealkylation sites (tertiary alicyclic amines) is 1. The summed E-state index contributed by atoms with van der Waals surface area (Å²) in [6.07, 6.45) is 2.58. The fourth-order valence-corrected chi connectivity index (χ4v) is 2.99. The minimum Gasteiger partial charge on any atom is -0.398 e. The molecule has 0 radical (unpaired) electrons. The van der Waals surface area contributed by atoms with Gasteiger partial charge < -0.3 is 5.73 Å². The predicted octanol–water partition coefficient (Wildman–Crippen LogP) is 3.54. The van der Waals surface area contributed by atoms with Crippen LogP contribution in [0.2, 0.25) is 5.02 Å². The molecule has 1 unspecified atom stereocenters. The quantitative estimate of drug-likeness (QED) is 0.834. The number of nitrogens with zero attached hydrogens (tertiary/aromatic N) is 1. The van der Waals surface area contributed by atoms with Gasteiger partial charge in [0.15, 0.2) is 0 Å². The number of rotatable bonds is 3. The van der Waals surface area contributed by atoms with E-state index in [9.17, 15) is 0 Å². The molecule has 1 atom stereocenters. The smallest absolute Gasteiger partial charge is 0.0471 e. The Bertz CT molecular complexity index is 370. The molecule has 0 aliphatic carbocycles. The Morgan fingerprint density at radius 2 is 2.24 bits per heavy atom. The van der Waals surface area contributed by atoms with E-state index in [2.05, 4.69) is 18.7 Å². The molecule has 17 heavy (non-hydrogen) atoms. The standard InChI is InChI=1S/C14H21ClN2/c1-10(2)14-7-4-8-17(14)9-11-12(15)5-3-6-13(11)16/h3,5-6,10,14H,4,7-9,16H2,1-2H3. The van der Waals surface area contributed by atoms with E-state index >= 15 is 0 Å². The number of nitrogens with two attached hydrogens (primary N) is 1. The first-order valence-corrected chi connectivity index (χ1v) is 6.74. The Labute approximate surface area is 109 Å². The molecule has 94 valence electrons. The minimum absolute atomic E-state index is 0.672. The first-order chi connectivity index (χ1) is 8.09. The van der Waals surface area contributed by atoms with Gasteiger partial charge in [-0.15, -0.1) is 0 Å². The summed E-state index contributed by atoms with van der Waals surface area (Å²) in [5.74, 6) is 0.696. The maximum Gasteiger partial charge on any atom is 0.0471 e. The fraction of sp³-hybridized carbons (Fsp3) is 0.571. The van der Waals surface area contributed by atoms with Gasteiger partial charge in [-0.3, -0.25) is 4.90 Å². The molecular formula is C14H21ClN2. The van der Waals surface area contributed by atoms with Gasteiger partial charge in [0.1, 0.15) is 0 Å². The van der Waals surface area contributed by atoms with E-state index in [-0.39, 0.29) is 0 Å². The van der Waals surface area contributed by atoms with Crippen molar-refractivity contribution in [3.8, 4) is 0 Å². The SMILES string of the molecule is CC(C)C1CCCN1Cc1c(N)cccc1Cl. The Hall–Kier alpha value is -0.730. The van der Waals surface area contributed by atoms with Crippen molar-refractivity contribution in [1.82, 2.24) is 4.90 Å². The lowest BCUT2D eigenvalue weighted by molar-refractivity contribution is 0.199. The molecule has 3 heteroatoms. The largest absolute Gasteiger partial charge is 0.398 e. The van der Waals surface area contributed by atoms with Crippen LogP contribution in [-0.4, -0.2) is 17.5 Å². The van der Waals surface area contributed by atoms with Gasteiger partial charge >= 0.3 is 0 Å². The number of anilines is 1. The van der Waals surface area contributed by atoms with Crippen molar-refractivity contribution in [2.24, 2.45) is 5.92 Å². The number of hydrogen-bond acceptors (Lipinski definition) is 2. The van der Waals surface area contributed by atoms with Crippen molar-refractivity contribution in [2.45, 2.75) is 39.3 Å². The lowest BCUT2D eigenvalue weighted by atomic mass is 10.0. The van der Waals surface area contributed by atoms with Crippen molar-refractivity contribution in [2.75, 3.05) is 12.3 Å². The van der Waals surface area contributed by atoms with E-state index in [1.165, 1.54) is 12.8 Å². The molecule has 1 aromatic rings. The molecule has 1 fully saturated rings. The van der Waals surface area contributed by atoms with Crippen LogP contribution in [0.1, 0.15) is 32.3 Å². The molecule has 2 nitrogen and oxygen atoms in total. The topological polar surface area (TPSA) is 29.3 Å². The maximum atomic E-state index is 6.23. The highest BCUT2D eigenvalue weighted by atomic mass is 35.5. The molecule has 1 saturated heterocycles. The first kappa shape index (κ1) is 12.7. The molecule has 0 bridgehead atoms. The molecule has 1 aliphatic heterocycles. The molecule has 1 aromatic carbocycles. The second-order valence-electron chi connectivity index (χ2n) is 5.23. The van der Waals surface area contributed by atoms with Crippen molar-refractivity contribution < 1.29 is 0 Å². The summed E-state index contributed by atoms with van der Waals surface area (Å²) in [7, 11) is 0. The summed E-state index contributed by atoms with van der Waals surface area (Å²) in [6.45, 7) is 6.62. The third-order valence-corrected chi connectivity index (χ3v) is 4.05. The van der Waals surface area contributed by atoms with Crippen molar-refractivity contribution in [3.63, 3.8) is 0 Å². The number of nitrogen functional groups attached to an aromatic ring is 1. The summed E-state index contributed by atoms with van der Waals surface area (Å²) < 4.78 is 0. The van der Waals surface area contributed by atoms with Crippen molar-refractivity contribution in [1.29, 1.82) is 0 Å². The van der Waals surface area contributed by atoms with E-state index in [0.717, 1.165) is 29.4 Å². The van der Waals surface area contributed by atoms with E-state index < -0.39 is 0 Å². The Morgan fingerprint density at radius 1 is 1.47 bits per heavy atom. The van der Waals surface area contributed by atoms with Crippen LogP contribution in [0.15, 0.2) is 18.2 Å². The minimum atomic E-state index is 0.672. The van der Waals surface area contributed by atoms with Crippen LogP contribution in [0.3, 0.4) is 0 Å². The molecule has 0 spiro atoms. The van der Waals surface area contributed by atoms with Crippen LogP contribution in [0.5, 0.6) is 0 Å². The zero-order chi connectivity index (χ0) is 12.4. The fourth-order valence-electron chi connectivity index (χ4n) is 2.75. The van der Waals surface area contributed by atoms with Crippen LogP contribution in [0.25, 0.3) is 0 Å². The molecule has 2 rings (SSSR count). The molecule has 0 saturated carbocycles. The highest BCUT2D eigenvalue weighted by Crippen LogP contribution is 2.29. The van der Waals surface area contributed by atoms with Crippen LogP contribution in [0, 0.1) is 5.92 Å². The van der Waals surface area contributed by atoms with E-state index in [0.29, 0.717) is 12.0 Å². The van der Waals surface area contributed by atoms with E-state index in [1.807, 2.05) is 18.2 Å². The van der Waals surface area contributed by atoms with E-state index in [1.54, 1.807) is 0 Å². The lowest BCUT2D eigenvalue weighted by Crippen LogP contribution is -2.33. The average molecular weight is 253 g/mol. The lowest BCUT2D eigenvalue weighted by Gasteiger charge is -2.28. The Kier molecular flexibility index (Phi) is 3.95. The van der Waals surface area contributed by atoms with Gasteiger partial charge in [-0.2, -0.15) is 0 Å². The number of hydrogen-bond donors (Lipinski definition) is 1. The van der Waals surface area contributed by atoms with Gasteiger partial charge in [0, 0.05) is 28.9 Å². The second-order valence-corrected chi connectivity index (χ2v) is 5.64. The van der Waals surface area contributed by atoms with Crippen LogP contribution >= 0.6 is 11.6 Å². The third-order valence-electron chi connectivity index (χ3n) is 3.70. The highest BCUT2D eigenvalue weighted by Gasteiger charge is 2.27. The zero-order valence-electron chi connectivity index (χ0n) is 10.6. The summed E-state index contributed by atoms with van der Waals surface area (Å²) >= 11 is 6.23.